The van der Waals surface area contributed by atoms with Gasteiger partial charge in [0.05, 0.1) is 17.8 Å². The van der Waals surface area contributed by atoms with Crippen molar-refractivity contribution in [3.05, 3.63) is 83.4 Å². The van der Waals surface area contributed by atoms with Gasteiger partial charge < -0.3 is 14.8 Å². The average molecular weight is 431 g/mol. The summed E-state index contributed by atoms with van der Waals surface area (Å²) in [4.78, 5) is 6.97. The summed E-state index contributed by atoms with van der Waals surface area (Å²) >= 11 is 5.86. The summed E-state index contributed by atoms with van der Waals surface area (Å²) in [5, 5.41) is 4.35. The third-order valence-electron chi connectivity index (χ3n) is 6.91. The first-order valence-electron chi connectivity index (χ1n) is 11.4. The van der Waals surface area contributed by atoms with E-state index in [0.717, 1.165) is 16.5 Å². The first-order valence-corrected chi connectivity index (χ1v) is 11.8. The lowest BCUT2D eigenvalue weighted by Gasteiger charge is -2.29. The molecule has 5 rings (SSSR count). The zero-order valence-electron chi connectivity index (χ0n) is 18.3. The van der Waals surface area contributed by atoms with Gasteiger partial charge in [-0.05, 0) is 74.8 Å². The second-order valence-electron chi connectivity index (χ2n) is 8.82. The Labute approximate surface area is 190 Å². The third kappa shape index (κ3) is 3.65. The first-order chi connectivity index (χ1) is 15.1. The molecular formula is C26H30N4S. The van der Waals surface area contributed by atoms with E-state index in [1.54, 1.807) is 0 Å². The summed E-state index contributed by atoms with van der Waals surface area (Å²) in [6.45, 7) is 4.55. The van der Waals surface area contributed by atoms with E-state index in [2.05, 4.69) is 77.2 Å². The van der Waals surface area contributed by atoms with Gasteiger partial charge in [-0.2, -0.15) is 0 Å². The fourth-order valence-electron chi connectivity index (χ4n) is 5.54. The Morgan fingerprint density at radius 2 is 1.71 bits per heavy atom. The Hall–Kier alpha value is -2.66. The number of hydrogen-bond donors (Lipinski definition) is 1. The van der Waals surface area contributed by atoms with E-state index < -0.39 is 0 Å². The molecule has 5 heteroatoms. The van der Waals surface area contributed by atoms with Crippen LogP contribution in [0.1, 0.15) is 72.9 Å². The van der Waals surface area contributed by atoms with Gasteiger partial charge in [0, 0.05) is 29.3 Å². The van der Waals surface area contributed by atoms with Crippen LogP contribution in [-0.4, -0.2) is 14.7 Å². The maximum Gasteiger partial charge on any atom is 0.174 e. The lowest BCUT2D eigenvalue weighted by molar-refractivity contribution is 0.345. The minimum atomic E-state index is 0.00853. The summed E-state index contributed by atoms with van der Waals surface area (Å²) < 4.78 is 2.59. The molecule has 1 saturated heterocycles. The van der Waals surface area contributed by atoms with Crippen molar-refractivity contribution >= 4 is 23.0 Å². The molecule has 1 aliphatic heterocycles. The van der Waals surface area contributed by atoms with Gasteiger partial charge in [0.25, 0.3) is 0 Å². The maximum atomic E-state index is 5.86. The molecule has 2 atom stereocenters. The smallest absolute Gasteiger partial charge is 0.174 e. The van der Waals surface area contributed by atoms with Crippen LogP contribution in [0.4, 0.5) is 5.69 Å². The maximum absolute atomic E-state index is 5.86. The summed E-state index contributed by atoms with van der Waals surface area (Å²) in [6, 6.07) is 19.7. The number of hydrogen-bond acceptors (Lipinski definition) is 2. The topological polar surface area (TPSA) is 33.1 Å². The Balaban J connectivity index is 1.63. The number of benzene rings is 1. The van der Waals surface area contributed by atoms with Gasteiger partial charge in [0.2, 0.25) is 0 Å². The molecule has 160 valence electrons. The van der Waals surface area contributed by atoms with Crippen molar-refractivity contribution in [3.8, 4) is 0 Å². The highest BCUT2D eigenvalue weighted by Crippen LogP contribution is 2.44. The molecule has 0 spiro atoms. The summed E-state index contributed by atoms with van der Waals surface area (Å²) in [5.41, 5.74) is 6.20. The Bertz CT molecular complexity index is 1050. The molecule has 2 aliphatic rings. The lowest BCUT2D eigenvalue weighted by Crippen LogP contribution is -2.29. The van der Waals surface area contributed by atoms with Crippen LogP contribution in [-0.2, 0) is 0 Å². The third-order valence-corrected chi connectivity index (χ3v) is 7.23. The van der Waals surface area contributed by atoms with E-state index in [1.807, 2.05) is 12.3 Å². The molecule has 0 radical (unpaired) electrons. The minimum Gasteiger partial charge on any atom is -0.351 e. The van der Waals surface area contributed by atoms with Gasteiger partial charge >= 0.3 is 0 Å². The van der Waals surface area contributed by atoms with E-state index in [1.165, 1.54) is 49.1 Å². The van der Waals surface area contributed by atoms with Crippen LogP contribution in [0.2, 0.25) is 0 Å². The van der Waals surface area contributed by atoms with E-state index >= 15 is 0 Å². The summed E-state index contributed by atoms with van der Waals surface area (Å²) in [7, 11) is 0. The molecule has 31 heavy (non-hydrogen) atoms. The lowest BCUT2D eigenvalue weighted by atomic mass is 9.94. The molecular weight excluding hydrogens is 400 g/mol. The number of anilines is 1. The fourth-order valence-corrected chi connectivity index (χ4v) is 5.89. The SMILES string of the molecule is Cc1cc([C@H]2[C@H](c3ccccn3)NC(=S)N2c2ccccc2)c(C)n1C1CCCCC1. The van der Waals surface area contributed by atoms with Crippen molar-refractivity contribution in [1.82, 2.24) is 14.9 Å². The second kappa shape index (κ2) is 8.46. The van der Waals surface area contributed by atoms with Gasteiger partial charge in [-0.3, -0.25) is 4.98 Å². The molecule has 0 amide bonds. The van der Waals surface area contributed by atoms with Gasteiger partial charge in [-0.25, -0.2) is 0 Å². The zero-order chi connectivity index (χ0) is 21.4. The molecule has 3 aromatic rings. The van der Waals surface area contributed by atoms with E-state index in [4.69, 9.17) is 17.2 Å². The minimum absolute atomic E-state index is 0.00853. The number of para-hydroxylation sites is 1. The summed E-state index contributed by atoms with van der Waals surface area (Å²) in [6.07, 6.45) is 8.46. The van der Waals surface area contributed by atoms with Crippen molar-refractivity contribution < 1.29 is 0 Å². The van der Waals surface area contributed by atoms with Crippen molar-refractivity contribution in [1.29, 1.82) is 0 Å². The van der Waals surface area contributed by atoms with E-state index in [9.17, 15) is 0 Å². The zero-order valence-corrected chi connectivity index (χ0v) is 19.1. The predicted molar refractivity (Wildman–Crippen MR) is 130 cm³/mol. The van der Waals surface area contributed by atoms with Crippen LogP contribution in [0.5, 0.6) is 0 Å². The molecule has 4 nitrogen and oxygen atoms in total. The quantitative estimate of drug-likeness (QED) is 0.501. The van der Waals surface area contributed by atoms with Crippen LogP contribution in [0.15, 0.2) is 60.8 Å². The first kappa shape index (κ1) is 20.3. The van der Waals surface area contributed by atoms with Crippen molar-refractivity contribution in [2.75, 3.05) is 4.90 Å². The highest BCUT2D eigenvalue weighted by Gasteiger charge is 2.42. The fraction of sp³-hybridized carbons (Fsp3) is 0.385. The van der Waals surface area contributed by atoms with E-state index in [0.29, 0.717) is 6.04 Å². The van der Waals surface area contributed by atoms with Gasteiger partial charge in [0.15, 0.2) is 5.11 Å². The standard InChI is InChI=1S/C26H30N4S/c1-18-17-22(19(2)29(18)20-11-5-3-6-12-20)25-24(23-15-9-10-16-27-23)28-26(31)30(25)21-13-7-4-8-14-21/h4,7-10,13-17,20,24-25H,3,5-6,11-12H2,1-2H3,(H,28,31)/t24-,25-/m0/s1. The molecule has 0 unspecified atom stereocenters. The number of aryl methyl sites for hydroxylation is 1. The number of nitrogens with one attached hydrogen (secondary N) is 1. The molecule has 2 aromatic heterocycles. The van der Waals surface area contributed by atoms with Gasteiger partial charge in [-0.1, -0.05) is 43.5 Å². The molecule has 3 heterocycles. The molecule has 1 N–H and O–H groups in total. The number of pyridine rings is 1. The van der Waals surface area contributed by atoms with Crippen LogP contribution in [0.3, 0.4) is 0 Å². The molecule has 1 saturated carbocycles. The van der Waals surface area contributed by atoms with E-state index in [-0.39, 0.29) is 12.1 Å². The van der Waals surface area contributed by atoms with Crippen molar-refractivity contribution in [2.45, 2.75) is 64.1 Å². The molecule has 2 fully saturated rings. The van der Waals surface area contributed by atoms with Crippen LogP contribution in [0.25, 0.3) is 0 Å². The monoisotopic (exact) mass is 430 g/mol. The number of thiocarbonyl (C=S) groups is 1. The number of nitrogens with zero attached hydrogens (tertiary/aromatic N) is 3. The Morgan fingerprint density at radius 1 is 0.968 bits per heavy atom. The Morgan fingerprint density at radius 3 is 2.42 bits per heavy atom. The molecule has 1 aromatic carbocycles. The van der Waals surface area contributed by atoms with Gasteiger partial charge in [-0.15, -0.1) is 0 Å². The Kier molecular flexibility index (Phi) is 5.53. The van der Waals surface area contributed by atoms with Crippen LogP contribution < -0.4 is 10.2 Å². The largest absolute Gasteiger partial charge is 0.351 e. The van der Waals surface area contributed by atoms with Crippen LogP contribution >= 0.6 is 12.2 Å². The highest BCUT2D eigenvalue weighted by molar-refractivity contribution is 7.80. The van der Waals surface area contributed by atoms with Gasteiger partial charge in [0.1, 0.15) is 0 Å². The molecule has 0 bridgehead atoms. The predicted octanol–water partition coefficient (Wildman–Crippen LogP) is 6.18. The number of rotatable bonds is 4. The normalized spacial score (nSPS) is 22.0. The van der Waals surface area contributed by atoms with Crippen LogP contribution in [0, 0.1) is 13.8 Å². The average Bonchev–Trinajstić information content (AvgIpc) is 3.30. The van der Waals surface area contributed by atoms with Crippen molar-refractivity contribution in [3.63, 3.8) is 0 Å². The summed E-state index contributed by atoms with van der Waals surface area (Å²) in [5.74, 6) is 0. The number of aromatic nitrogens is 2. The highest BCUT2D eigenvalue weighted by atomic mass is 32.1. The molecule has 1 aliphatic carbocycles. The van der Waals surface area contributed by atoms with Crippen molar-refractivity contribution in [2.24, 2.45) is 0 Å². The second-order valence-corrected chi connectivity index (χ2v) is 9.21.